The lowest BCUT2D eigenvalue weighted by Crippen LogP contribution is -2.49. The van der Waals surface area contributed by atoms with E-state index in [2.05, 4.69) is 12.2 Å². The van der Waals surface area contributed by atoms with E-state index in [0.29, 0.717) is 6.42 Å². The van der Waals surface area contributed by atoms with Crippen molar-refractivity contribution in [1.29, 1.82) is 0 Å². The number of likely N-dealkylation sites (tertiary alicyclic amines) is 1. The van der Waals surface area contributed by atoms with Crippen molar-refractivity contribution in [3.8, 4) is 0 Å². The fourth-order valence-electron chi connectivity index (χ4n) is 5.10. The summed E-state index contributed by atoms with van der Waals surface area (Å²) in [4.78, 5) is 42.2. The van der Waals surface area contributed by atoms with E-state index < -0.39 is 11.6 Å². The summed E-state index contributed by atoms with van der Waals surface area (Å²) in [5.74, 6) is -0.390. The number of imide groups is 1. The maximum absolute atomic E-state index is 13.4. The fourth-order valence-corrected chi connectivity index (χ4v) is 5.10. The van der Waals surface area contributed by atoms with Gasteiger partial charge in [-0.05, 0) is 62.5 Å². The first-order valence-corrected chi connectivity index (χ1v) is 10.6. The lowest BCUT2D eigenvalue weighted by atomic mass is 9.84. The van der Waals surface area contributed by atoms with E-state index in [9.17, 15) is 14.4 Å². The molecule has 1 aromatic carbocycles. The largest absolute Gasteiger partial charge is 0.338 e. The van der Waals surface area contributed by atoms with E-state index >= 15 is 0 Å². The van der Waals surface area contributed by atoms with Crippen LogP contribution in [0.2, 0.25) is 0 Å². The Kier molecular flexibility index (Phi) is 5.13. The molecule has 2 saturated heterocycles. The summed E-state index contributed by atoms with van der Waals surface area (Å²) >= 11 is 0. The zero-order chi connectivity index (χ0) is 19.7. The molecule has 6 heteroatoms. The first-order valence-electron chi connectivity index (χ1n) is 10.6. The number of piperidine rings is 1. The van der Waals surface area contributed by atoms with Crippen LogP contribution in [-0.2, 0) is 21.5 Å². The molecule has 3 aliphatic rings. The van der Waals surface area contributed by atoms with Gasteiger partial charge >= 0.3 is 6.03 Å². The molecule has 1 spiro atoms. The summed E-state index contributed by atoms with van der Waals surface area (Å²) < 4.78 is 0. The first-order chi connectivity index (χ1) is 13.6. The van der Waals surface area contributed by atoms with Crippen LogP contribution in [0.25, 0.3) is 0 Å². The lowest BCUT2D eigenvalue weighted by molar-refractivity contribution is -0.141. The molecule has 1 N–H and O–H groups in total. The predicted molar refractivity (Wildman–Crippen MR) is 106 cm³/mol. The van der Waals surface area contributed by atoms with E-state index in [-0.39, 0.29) is 24.4 Å². The van der Waals surface area contributed by atoms with Gasteiger partial charge in [0, 0.05) is 12.6 Å². The highest BCUT2D eigenvalue weighted by molar-refractivity contribution is 6.09. The first kappa shape index (κ1) is 19.0. The van der Waals surface area contributed by atoms with Crippen LogP contribution in [0.4, 0.5) is 4.79 Å². The van der Waals surface area contributed by atoms with Crippen LogP contribution in [0.5, 0.6) is 0 Å². The third-order valence-corrected chi connectivity index (χ3v) is 6.61. The fraction of sp³-hybridized carbons (Fsp3) is 0.591. The van der Waals surface area contributed by atoms with Crippen molar-refractivity contribution in [2.24, 2.45) is 0 Å². The van der Waals surface area contributed by atoms with Gasteiger partial charge in [-0.2, -0.15) is 0 Å². The molecule has 2 heterocycles. The van der Waals surface area contributed by atoms with Gasteiger partial charge in [-0.1, -0.05) is 31.2 Å². The molecule has 1 aromatic rings. The Morgan fingerprint density at radius 2 is 2.00 bits per heavy atom. The summed E-state index contributed by atoms with van der Waals surface area (Å²) in [6.45, 7) is 2.64. The topological polar surface area (TPSA) is 69.7 Å². The zero-order valence-electron chi connectivity index (χ0n) is 16.6. The van der Waals surface area contributed by atoms with E-state index in [4.69, 9.17) is 0 Å². The summed E-state index contributed by atoms with van der Waals surface area (Å²) in [7, 11) is 0. The molecule has 1 aliphatic carbocycles. The second kappa shape index (κ2) is 7.57. The molecular formula is C22H29N3O3. The number of nitrogens with one attached hydrogen (secondary N) is 1. The maximum atomic E-state index is 13.4. The normalized spacial score (nSPS) is 27.5. The molecule has 0 radical (unpaired) electrons. The van der Waals surface area contributed by atoms with Gasteiger partial charge in [-0.25, -0.2) is 4.79 Å². The minimum Gasteiger partial charge on any atom is -0.338 e. The number of fused-ring (bicyclic) bond motifs is 2. The van der Waals surface area contributed by atoms with Crippen molar-refractivity contribution < 1.29 is 14.4 Å². The molecule has 4 rings (SSSR count). The number of benzene rings is 1. The number of hydrogen-bond donors (Lipinski definition) is 1. The summed E-state index contributed by atoms with van der Waals surface area (Å²) in [5, 5.41) is 2.97. The number of nitrogens with zero attached hydrogens (tertiary/aromatic N) is 2. The second-order valence-corrected chi connectivity index (χ2v) is 8.24. The van der Waals surface area contributed by atoms with E-state index in [1.807, 2.05) is 29.2 Å². The standard InChI is InChI=1S/C22H29N3O3/c1-2-17-11-6-8-14-24(17)19(26)15-25-20(27)22(23-21(25)28)13-7-5-10-16-9-3-4-12-18(16)22/h3-4,9,12,17H,2,5-8,10-11,13-15H2,1H3,(H,23,28). The average Bonchev–Trinajstić information content (AvgIpc) is 2.85. The maximum Gasteiger partial charge on any atom is 0.325 e. The van der Waals surface area contributed by atoms with Gasteiger partial charge in [0.05, 0.1) is 0 Å². The highest BCUT2D eigenvalue weighted by atomic mass is 16.2. The van der Waals surface area contributed by atoms with Crippen LogP contribution in [0, 0.1) is 0 Å². The zero-order valence-corrected chi connectivity index (χ0v) is 16.6. The number of carbonyl (C=O) groups is 3. The number of urea groups is 1. The molecular weight excluding hydrogens is 354 g/mol. The van der Waals surface area contributed by atoms with E-state index in [1.165, 1.54) is 0 Å². The van der Waals surface area contributed by atoms with Crippen LogP contribution < -0.4 is 5.32 Å². The number of aryl methyl sites for hydroxylation is 1. The second-order valence-electron chi connectivity index (χ2n) is 8.24. The third-order valence-electron chi connectivity index (χ3n) is 6.61. The Bertz CT molecular complexity index is 793. The number of rotatable bonds is 3. The van der Waals surface area contributed by atoms with Crippen LogP contribution >= 0.6 is 0 Å². The molecule has 2 fully saturated rings. The van der Waals surface area contributed by atoms with Gasteiger partial charge < -0.3 is 10.2 Å². The van der Waals surface area contributed by atoms with Crippen molar-refractivity contribution in [3.63, 3.8) is 0 Å². The van der Waals surface area contributed by atoms with Gasteiger partial charge in [0.15, 0.2) is 0 Å². The van der Waals surface area contributed by atoms with E-state index in [1.54, 1.807) is 0 Å². The van der Waals surface area contributed by atoms with Crippen molar-refractivity contribution in [2.75, 3.05) is 13.1 Å². The van der Waals surface area contributed by atoms with Crippen LogP contribution in [0.1, 0.15) is 63.0 Å². The van der Waals surface area contributed by atoms with Crippen molar-refractivity contribution in [2.45, 2.75) is 69.9 Å². The molecule has 0 aromatic heterocycles. The third kappa shape index (κ3) is 3.09. The predicted octanol–water partition coefficient (Wildman–Crippen LogP) is 2.95. The Labute approximate surface area is 166 Å². The number of hydrogen-bond acceptors (Lipinski definition) is 3. The summed E-state index contributed by atoms with van der Waals surface area (Å²) in [6, 6.07) is 7.65. The highest BCUT2D eigenvalue weighted by Gasteiger charge is 2.53. The quantitative estimate of drug-likeness (QED) is 0.816. The molecule has 4 amide bonds. The molecule has 0 bridgehead atoms. The smallest absolute Gasteiger partial charge is 0.325 e. The van der Waals surface area contributed by atoms with Crippen LogP contribution in [0.3, 0.4) is 0 Å². The van der Waals surface area contributed by atoms with Crippen molar-refractivity contribution in [3.05, 3.63) is 35.4 Å². The number of carbonyl (C=O) groups excluding carboxylic acids is 3. The van der Waals surface area contributed by atoms with Gasteiger partial charge in [-0.3, -0.25) is 14.5 Å². The molecule has 2 aliphatic heterocycles. The van der Waals surface area contributed by atoms with Gasteiger partial charge in [0.2, 0.25) is 5.91 Å². The minimum atomic E-state index is -1.02. The summed E-state index contributed by atoms with van der Waals surface area (Å²) in [5.41, 5.74) is 0.991. The van der Waals surface area contributed by atoms with Crippen molar-refractivity contribution in [1.82, 2.24) is 15.1 Å². The van der Waals surface area contributed by atoms with Crippen LogP contribution in [0.15, 0.2) is 24.3 Å². The monoisotopic (exact) mass is 383 g/mol. The van der Waals surface area contributed by atoms with Gasteiger partial charge in [0.25, 0.3) is 5.91 Å². The number of amides is 4. The molecule has 6 nitrogen and oxygen atoms in total. The molecule has 0 saturated carbocycles. The molecule has 28 heavy (non-hydrogen) atoms. The Morgan fingerprint density at radius 3 is 2.82 bits per heavy atom. The lowest BCUT2D eigenvalue weighted by Gasteiger charge is -2.36. The molecule has 2 unspecified atom stereocenters. The average molecular weight is 383 g/mol. The SMILES string of the molecule is CCC1CCCCN1C(=O)CN1C(=O)NC2(CCCCc3ccccc32)C1=O. The highest BCUT2D eigenvalue weighted by Crippen LogP contribution is 2.39. The van der Waals surface area contributed by atoms with E-state index in [0.717, 1.165) is 67.5 Å². The molecule has 2 atom stereocenters. The summed E-state index contributed by atoms with van der Waals surface area (Å²) in [6.07, 6.45) is 7.37. The molecule has 150 valence electrons. The van der Waals surface area contributed by atoms with Gasteiger partial charge in [0.1, 0.15) is 12.1 Å². The van der Waals surface area contributed by atoms with Crippen LogP contribution in [-0.4, -0.2) is 46.8 Å². The minimum absolute atomic E-state index is 0.117. The Hall–Kier alpha value is -2.37. The van der Waals surface area contributed by atoms with Gasteiger partial charge in [-0.15, -0.1) is 0 Å². The Balaban J connectivity index is 1.59. The Morgan fingerprint density at radius 1 is 1.18 bits per heavy atom. The van der Waals surface area contributed by atoms with Crippen molar-refractivity contribution >= 4 is 17.8 Å².